The van der Waals surface area contributed by atoms with Gasteiger partial charge in [0.2, 0.25) is 0 Å². The Morgan fingerprint density at radius 2 is 1.78 bits per heavy atom. The molecule has 0 heterocycles. The average Bonchev–Trinajstić information content (AvgIpc) is 2.35. The number of hydrogen-bond acceptors (Lipinski definition) is 2. The van der Waals surface area contributed by atoms with Crippen LogP contribution in [-0.2, 0) is 9.59 Å². The van der Waals surface area contributed by atoms with E-state index < -0.39 is 11.8 Å². The van der Waals surface area contributed by atoms with Crippen molar-refractivity contribution >= 4 is 17.5 Å². The first kappa shape index (κ1) is 14.2. The van der Waals surface area contributed by atoms with Gasteiger partial charge in [-0.2, -0.15) is 0 Å². The monoisotopic (exact) mass is 250 g/mol. The number of carbonyl (C=O) groups excluding carboxylic acids is 2. The summed E-state index contributed by atoms with van der Waals surface area (Å²) in [7, 11) is 4.09. The van der Waals surface area contributed by atoms with Gasteiger partial charge in [-0.15, -0.1) is 0 Å². The van der Waals surface area contributed by atoms with Crippen LogP contribution in [0, 0.1) is 0 Å². The van der Waals surface area contributed by atoms with E-state index in [9.17, 15) is 9.59 Å². The second-order valence-corrected chi connectivity index (χ2v) is 4.39. The van der Waals surface area contributed by atoms with Crippen molar-refractivity contribution in [2.75, 3.05) is 32.5 Å². The number of carbonyl (C=O) groups is 2. The number of anilines is 1. The van der Waals surface area contributed by atoms with E-state index >= 15 is 0 Å². The van der Waals surface area contributed by atoms with Crippen molar-refractivity contribution < 1.29 is 14.5 Å². The summed E-state index contributed by atoms with van der Waals surface area (Å²) in [4.78, 5) is 24.3. The summed E-state index contributed by atoms with van der Waals surface area (Å²) in [6.45, 7) is 1.48. The van der Waals surface area contributed by atoms with E-state index in [1.54, 1.807) is 24.3 Å². The molecule has 0 unspecified atom stereocenters. The summed E-state index contributed by atoms with van der Waals surface area (Å²) in [5.41, 5.74) is 0.621. The van der Waals surface area contributed by atoms with Gasteiger partial charge in [0.25, 0.3) is 0 Å². The van der Waals surface area contributed by atoms with E-state index in [4.69, 9.17) is 0 Å². The summed E-state index contributed by atoms with van der Waals surface area (Å²) < 4.78 is 0. The summed E-state index contributed by atoms with van der Waals surface area (Å²) in [5, 5.41) is 5.13. The van der Waals surface area contributed by atoms with Gasteiger partial charge in [-0.3, -0.25) is 9.59 Å². The minimum absolute atomic E-state index is 0.520. The Kier molecular flexibility index (Phi) is 5.87. The van der Waals surface area contributed by atoms with Crippen LogP contribution in [0.1, 0.15) is 6.42 Å². The molecule has 98 valence electrons. The van der Waals surface area contributed by atoms with Crippen LogP contribution in [0.15, 0.2) is 30.3 Å². The SMILES string of the molecule is C[NH+](C)CCCNC(=O)C(=O)Nc1ccccc1. The molecule has 0 saturated carbocycles. The van der Waals surface area contributed by atoms with Crippen molar-refractivity contribution in [3.63, 3.8) is 0 Å². The van der Waals surface area contributed by atoms with Gasteiger partial charge in [0.15, 0.2) is 0 Å². The molecule has 0 fully saturated rings. The Bertz CT molecular complexity index is 390. The van der Waals surface area contributed by atoms with Crippen molar-refractivity contribution in [2.45, 2.75) is 6.42 Å². The Labute approximate surface area is 107 Å². The van der Waals surface area contributed by atoms with Crippen LogP contribution in [0.5, 0.6) is 0 Å². The fourth-order valence-electron chi connectivity index (χ4n) is 1.43. The van der Waals surface area contributed by atoms with E-state index in [2.05, 4.69) is 10.6 Å². The number of para-hydroxylation sites is 1. The lowest BCUT2D eigenvalue weighted by molar-refractivity contribution is -0.858. The molecule has 1 aromatic rings. The van der Waals surface area contributed by atoms with Crippen molar-refractivity contribution in [1.29, 1.82) is 0 Å². The van der Waals surface area contributed by atoms with E-state index in [1.165, 1.54) is 4.90 Å². The summed E-state index contributed by atoms with van der Waals surface area (Å²) in [5.74, 6) is -1.22. The molecule has 0 saturated heterocycles. The molecule has 1 aromatic carbocycles. The normalized spacial score (nSPS) is 10.2. The lowest BCUT2D eigenvalue weighted by atomic mass is 10.3. The summed E-state index contributed by atoms with van der Waals surface area (Å²) in [6.07, 6.45) is 0.854. The second-order valence-electron chi connectivity index (χ2n) is 4.39. The minimum Gasteiger partial charge on any atom is -0.348 e. The van der Waals surface area contributed by atoms with Crippen LogP contribution < -0.4 is 15.5 Å². The van der Waals surface area contributed by atoms with Crippen LogP contribution >= 0.6 is 0 Å². The van der Waals surface area contributed by atoms with Gasteiger partial charge in [-0.05, 0) is 12.1 Å². The van der Waals surface area contributed by atoms with Gasteiger partial charge < -0.3 is 15.5 Å². The molecule has 18 heavy (non-hydrogen) atoms. The highest BCUT2D eigenvalue weighted by Gasteiger charge is 2.12. The van der Waals surface area contributed by atoms with Gasteiger partial charge in [-0.1, -0.05) is 18.2 Å². The third-order valence-corrected chi connectivity index (χ3v) is 2.38. The first-order valence-electron chi connectivity index (χ1n) is 6.03. The average molecular weight is 250 g/mol. The van der Waals surface area contributed by atoms with Crippen LogP contribution in [0.4, 0.5) is 5.69 Å². The zero-order chi connectivity index (χ0) is 13.4. The fourth-order valence-corrected chi connectivity index (χ4v) is 1.43. The van der Waals surface area contributed by atoms with Crippen molar-refractivity contribution in [1.82, 2.24) is 5.32 Å². The van der Waals surface area contributed by atoms with Gasteiger partial charge in [0.1, 0.15) is 0 Å². The Morgan fingerprint density at radius 1 is 1.11 bits per heavy atom. The van der Waals surface area contributed by atoms with Crippen LogP contribution in [0.25, 0.3) is 0 Å². The van der Waals surface area contributed by atoms with E-state index in [0.717, 1.165) is 13.0 Å². The van der Waals surface area contributed by atoms with Crippen LogP contribution in [-0.4, -0.2) is 39.0 Å². The highest BCUT2D eigenvalue weighted by Crippen LogP contribution is 2.04. The lowest BCUT2D eigenvalue weighted by Crippen LogP contribution is -3.05. The molecular formula is C13H20N3O2+. The van der Waals surface area contributed by atoms with Gasteiger partial charge in [0.05, 0.1) is 20.6 Å². The molecule has 5 nitrogen and oxygen atoms in total. The highest BCUT2D eigenvalue weighted by molar-refractivity contribution is 6.39. The predicted molar refractivity (Wildman–Crippen MR) is 70.4 cm³/mol. The molecule has 0 spiro atoms. The standard InChI is InChI=1S/C13H19N3O2/c1-16(2)10-6-9-14-12(17)13(18)15-11-7-4-3-5-8-11/h3-5,7-8H,6,9-10H2,1-2H3,(H,14,17)(H,15,18)/p+1. The van der Waals surface area contributed by atoms with Gasteiger partial charge >= 0.3 is 11.8 Å². The zero-order valence-corrected chi connectivity index (χ0v) is 10.8. The lowest BCUT2D eigenvalue weighted by Gasteiger charge is -2.08. The minimum atomic E-state index is -0.626. The molecule has 2 amide bonds. The molecular weight excluding hydrogens is 230 g/mol. The number of quaternary nitrogens is 1. The van der Waals surface area contributed by atoms with Crippen LogP contribution in [0.2, 0.25) is 0 Å². The predicted octanol–water partition coefficient (Wildman–Crippen LogP) is -0.724. The molecule has 0 atom stereocenters. The largest absolute Gasteiger partial charge is 0.348 e. The molecule has 0 aliphatic heterocycles. The quantitative estimate of drug-likeness (QED) is 0.477. The third kappa shape index (κ3) is 5.45. The summed E-state index contributed by atoms with van der Waals surface area (Å²) in [6, 6.07) is 8.92. The Morgan fingerprint density at radius 3 is 2.39 bits per heavy atom. The number of hydrogen-bond donors (Lipinski definition) is 3. The number of nitrogens with one attached hydrogen (secondary N) is 3. The summed E-state index contributed by atoms with van der Waals surface area (Å²) >= 11 is 0. The second kappa shape index (κ2) is 7.45. The maximum Gasteiger partial charge on any atom is 0.313 e. The Balaban J connectivity index is 2.27. The van der Waals surface area contributed by atoms with E-state index in [-0.39, 0.29) is 0 Å². The maximum absolute atomic E-state index is 11.5. The first-order chi connectivity index (χ1) is 8.59. The van der Waals surface area contributed by atoms with E-state index in [1.807, 2.05) is 20.2 Å². The molecule has 1 rings (SSSR count). The number of amides is 2. The fraction of sp³-hybridized carbons (Fsp3) is 0.385. The number of benzene rings is 1. The van der Waals surface area contributed by atoms with Crippen molar-refractivity contribution in [2.24, 2.45) is 0 Å². The topological polar surface area (TPSA) is 62.6 Å². The van der Waals surface area contributed by atoms with E-state index in [0.29, 0.717) is 12.2 Å². The smallest absolute Gasteiger partial charge is 0.313 e. The molecule has 5 heteroatoms. The van der Waals surface area contributed by atoms with Gasteiger partial charge in [0, 0.05) is 18.7 Å². The maximum atomic E-state index is 11.5. The molecule has 3 N–H and O–H groups in total. The Hall–Kier alpha value is -1.88. The molecule has 0 bridgehead atoms. The van der Waals surface area contributed by atoms with Crippen molar-refractivity contribution in [3.8, 4) is 0 Å². The molecule has 0 aliphatic carbocycles. The first-order valence-corrected chi connectivity index (χ1v) is 6.03. The zero-order valence-electron chi connectivity index (χ0n) is 10.8. The molecule has 0 radical (unpaired) electrons. The highest BCUT2D eigenvalue weighted by atomic mass is 16.2. The molecule has 0 aromatic heterocycles. The van der Waals surface area contributed by atoms with Crippen molar-refractivity contribution in [3.05, 3.63) is 30.3 Å². The number of rotatable bonds is 5. The van der Waals surface area contributed by atoms with Gasteiger partial charge in [-0.25, -0.2) is 0 Å². The molecule has 0 aliphatic rings. The van der Waals surface area contributed by atoms with Crippen LogP contribution in [0.3, 0.4) is 0 Å². The third-order valence-electron chi connectivity index (χ3n) is 2.38.